The van der Waals surface area contributed by atoms with E-state index in [-0.39, 0.29) is 51.3 Å². The fourth-order valence-electron chi connectivity index (χ4n) is 4.54. The number of carbonyl (C=O) groups is 1. The SMILES string of the molecule is C[C@H](O)Cn1ncc(-c2onc(-c3cccc(C(=O)N4CCCC4)c3Cl)c2-c2ccncn2)c1C(F)(F)F. The molecule has 1 aliphatic rings. The van der Waals surface area contributed by atoms with Crippen LogP contribution in [0.1, 0.15) is 35.8 Å². The maximum Gasteiger partial charge on any atom is 0.433 e. The Morgan fingerprint density at radius 3 is 2.63 bits per heavy atom. The first kappa shape index (κ1) is 25.9. The van der Waals surface area contributed by atoms with Gasteiger partial charge in [-0.05, 0) is 31.9 Å². The van der Waals surface area contributed by atoms with Crippen LogP contribution >= 0.6 is 11.6 Å². The van der Waals surface area contributed by atoms with Gasteiger partial charge in [0.25, 0.3) is 5.91 Å². The molecule has 1 amide bonds. The number of aliphatic hydroxyl groups is 1. The molecule has 0 saturated carbocycles. The Labute approximate surface area is 219 Å². The highest BCUT2D eigenvalue weighted by Crippen LogP contribution is 2.45. The van der Waals surface area contributed by atoms with Gasteiger partial charge in [-0.1, -0.05) is 28.9 Å². The number of nitrogens with zero attached hydrogens (tertiary/aromatic N) is 6. The molecule has 0 aliphatic carbocycles. The van der Waals surface area contributed by atoms with E-state index in [1.807, 2.05) is 0 Å². The first-order valence-electron chi connectivity index (χ1n) is 11.8. The second-order valence-electron chi connectivity index (χ2n) is 8.93. The molecular formula is C25H22ClF3N6O3. The summed E-state index contributed by atoms with van der Waals surface area (Å²) in [6, 6.07) is 6.33. The van der Waals surface area contributed by atoms with Crippen LogP contribution in [0.5, 0.6) is 0 Å². The molecule has 1 saturated heterocycles. The minimum absolute atomic E-state index is 0.0976. The van der Waals surface area contributed by atoms with Crippen LogP contribution in [-0.2, 0) is 12.7 Å². The van der Waals surface area contributed by atoms with Crippen molar-refractivity contribution in [2.75, 3.05) is 13.1 Å². The number of likely N-dealkylation sites (tertiary alicyclic amines) is 1. The summed E-state index contributed by atoms with van der Waals surface area (Å²) in [5.41, 5.74) is -0.477. The highest BCUT2D eigenvalue weighted by Gasteiger charge is 2.41. The molecule has 1 atom stereocenters. The largest absolute Gasteiger partial charge is 0.433 e. The summed E-state index contributed by atoms with van der Waals surface area (Å²) < 4.78 is 48.8. The summed E-state index contributed by atoms with van der Waals surface area (Å²) in [7, 11) is 0. The predicted octanol–water partition coefficient (Wildman–Crippen LogP) is 4.95. The van der Waals surface area contributed by atoms with E-state index >= 15 is 0 Å². The van der Waals surface area contributed by atoms with Gasteiger partial charge in [0, 0.05) is 24.8 Å². The molecule has 0 bridgehead atoms. The van der Waals surface area contributed by atoms with E-state index in [1.165, 1.54) is 25.5 Å². The number of benzene rings is 1. The maximum atomic E-state index is 14.2. The van der Waals surface area contributed by atoms with Crippen molar-refractivity contribution in [2.45, 2.75) is 38.6 Å². The van der Waals surface area contributed by atoms with Crippen molar-refractivity contribution in [1.29, 1.82) is 0 Å². The topological polar surface area (TPSA) is 110 Å². The number of carbonyl (C=O) groups excluding carboxylic acids is 1. The first-order chi connectivity index (χ1) is 18.2. The van der Waals surface area contributed by atoms with Crippen molar-refractivity contribution in [3.8, 4) is 33.8 Å². The zero-order valence-electron chi connectivity index (χ0n) is 20.1. The van der Waals surface area contributed by atoms with Crippen LogP contribution in [0, 0.1) is 0 Å². The molecule has 1 aliphatic heterocycles. The van der Waals surface area contributed by atoms with Crippen LogP contribution in [0.3, 0.4) is 0 Å². The van der Waals surface area contributed by atoms with Crippen LogP contribution in [0.15, 0.2) is 47.5 Å². The second kappa shape index (κ2) is 10.2. The first-order valence-corrected chi connectivity index (χ1v) is 12.2. The predicted molar refractivity (Wildman–Crippen MR) is 131 cm³/mol. The molecule has 0 spiro atoms. The fourth-order valence-corrected chi connectivity index (χ4v) is 4.84. The zero-order valence-corrected chi connectivity index (χ0v) is 20.9. The number of hydrogen-bond donors (Lipinski definition) is 1. The molecule has 38 heavy (non-hydrogen) atoms. The average molecular weight is 547 g/mol. The van der Waals surface area contributed by atoms with Crippen molar-refractivity contribution in [3.05, 3.63) is 59.3 Å². The van der Waals surface area contributed by atoms with Crippen LogP contribution in [-0.4, -0.2) is 60.0 Å². The van der Waals surface area contributed by atoms with E-state index in [2.05, 4.69) is 20.2 Å². The molecule has 9 nitrogen and oxygen atoms in total. The van der Waals surface area contributed by atoms with Gasteiger partial charge < -0.3 is 14.5 Å². The van der Waals surface area contributed by atoms with Crippen molar-refractivity contribution in [3.63, 3.8) is 0 Å². The molecular weight excluding hydrogens is 525 g/mol. The van der Waals surface area contributed by atoms with Gasteiger partial charge >= 0.3 is 6.18 Å². The standard InChI is InChI=1S/C25H22ClF3N6O3/c1-14(36)12-35-23(25(27,28)29)17(11-32-35)22-19(18-7-8-30-13-31-18)21(33-38-22)15-5-4-6-16(20(15)26)24(37)34-9-2-3-10-34/h4-8,11,13-14,36H,2-3,9-10,12H2,1H3/t14-/m0/s1. The van der Waals surface area contributed by atoms with Gasteiger partial charge in [-0.25, -0.2) is 9.97 Å². The number of aromatic nitrogens is 5. The van der Waals surface area contributed by atoms with Crippen molar-refractivity contribution < 1.29 is 27.6 Å². The van der Waals surface area contributed by atoms with E-state index in [4.69, 9.17) is 16.1 Å². The third-order valence-electron chi connectivity index (χ3n) is 6.20. The number of rotatable bonds is 6. The van der Waals surface area contributed by atoms with Gasteiger partial charge in [0.15, 0.2) is 11.5 Å². The molecule has 1 N–H and O–H groups in total. The van der Waals surface area contributed by atoms with Gasteiger partial charge in [-0.3, -0.25) is 9.48 Å². The number of aliphatic hydroxyl groups excluding tert-OH is 1. The second-order valence-corrected chi connectivity index (χ2v) is 9.31. The zero-order chi connectivity index (χ0) is 27.0. The molecule has 4 aromatic rings. The molecule has 0 unspecified atom stereocenters. The molecule has 5 rings (SSSR count). The van der Waals surface area contributed by atoms with Gasteiger partial charge in [-0.2, -0.15) is 18.3 Å². The number of amides is 1. The monoisotopic (exact) mass is 546 g/mol. The summed E-state index contributed by atoms with van der Waals surface area (Å²) >= 11 is 6.71. The summed E-state index contributed by atoms with van der Waals surface area (Å²) in [5.74, 6) is -0.476. The molecule has 198 valence electrons. The van der Waals surface area contributed by atoms with E-state index in [1.54, 1.807) is 23.1 Å². The average Bonchev–Trinajstić information content (AvgIpc) is 3.63. The molecule has 4 heterocycles. The van der Waals surface area contributed by atoms with Crippen molar-refractivity contribution in [2.24, 2.45) is 0 Å². The molecule has 1 aromatic carbocycles. The molecule has 0 radical (unpaired) electrons. The van der Waals surface area contributed by atoms with E-state index in [0.29, 0.717) is 23.3 Å². The smallest absolute Gasteiger partial charge is 0.391 e. The Hall–Kier alpha value is -3.77. The number of hydrogen-bond acceptors (Lipinski definition) is 7. The Morgan fingerprint density at radius 2 is 1.97 bits per heavy atom. The fraction of sp³-hybridized carbons (Fsp3) is 0.320. The van der Waals surface area contributed by atoms with Crippen LogP contribution in [0.25, 0.3) is 33.8 Å². The molecule has 3 aromatic heterocycles. The van der Waals surface area contributed by atoms with Gasteiger partial charge in [0.1, 0.15) is 12.0 Å². The maximum absolute atomic E-state index is 14.2. The van der Waals surface area contributed by atoms with Crippen LogP contribution in [0.2, 0.25) is 5.02 Å². The van der Waals surface area contributed by atoms with Crippen LogP contribution < -0.4 is 0 Å². The highest BCUT2D eigenvalue weighted by molar-refractivity contribution is 6.36. The summed E-state index contributed by atoms with van der Waals surface area (Å²) in [6.07, 6.45) is -0.419. The molecule has 13 heteroatoms. The van der Waals surface area contributed by atoms with E-state index in [0.717, 1.165) is 19.0 Å². The normalized spacial score (nSPS) is 14.7. The summed E-state index contributed by atoms with van der Waals surface area (Å²) in [6.45, 7) is 2.22. The molecule has 1 fully saturated rings. The van der Waals surface area contributed by atoms with E-state index in [9.17, 15) is 23.1 Å². The van der Waals surface area contributed by atoms with E-state index < -0.39 is 18.0 Å². The Morgan fingerprint density at radius 1 is 1.21 bits per heavy atom. The van der Waals surface area contributed by atoms with Crippen molar-refractivity contribution in [1.82, 2.24) is 29.8 Å². The van der Waals surface area contributed by atoms with Gasteiger partial charge in [0.2, 0.25) is 0 Å². The third-order valence-corrected chi connectivity index (χ3v) is 6.60. The summed E-state index contributed by atoms with van der Waals surface area (Å²) in [5, 5.41) is 17.8. The Bertz CT molecular complexity index is 1460. The lowest BCUT2D eigenvalue weighted by Crippen LogP contribution is -2.27. The van der Waals surface area contributed by atoms with Gasteiger partial charge in [0.05, 0.1) is 46.3 Å². The van der Waals surface area contributed by atoms with Crippen LogP contribution in [0.4, 0.5) is 13.2 Å². The van der Waals surface area contributed by atoms with Gasteiger partial charge in [-0.15, -0.1) is 0 Å². The highest BCUT2D eigenvalue weighted by atomic mass is 35.5. The lowest BCUT2D eigenvalue weighted by atomic mass is 9.98. The van der Waals surface area contributed by atoms with Crippen molar-refractivity contribution >= 4 is 17.5 Å². The Balaban J connectivity index is 1.71. The number of alkyl halides is 3. The Kier molecular flexibility index (Phi) is 6.93. The minimum Gasteiger partial charge on any atom is -0.391 e. The summed E-state index contributed by atoms with van der Waals surface area (Å²) in [4.78, 5) is 22.9. The third kappa shape index (κ3) is 4.76. The minimum atomic E-state index is -4.82. The number of halogens is 4. The lowest BCUT2D eigenvalue weighted by molar-refractivity contribution is -0.144. The quantitative estimate of drug-likeness (QED) is 0.364. The lowest BCUT2D eigenvalue weighted by Gasteiger charge is -2.17.